The molecular formula is C15H11ClF3N3O2S. The predicted molar refractivity (Wildman–Crippen MR) is 87.4 cm³/mol. The molecular weight excluding hydrogens is 379 g/mol. The number of nitrogens with one attached hydrogen (secondary N) is 1. The second-order valence-corrected chi connectivity index (χ2v) is 6.61. The Balaban J connectivity index is 1.83. The van der Waals surface area contributed by atoms with Crippen LogP contribution in [0.3, 0.4) is 0 Å². The minimum atomic E-state index is -4.60. The Morgan fingerprint density at radius 2 is 2.08 bits per heavy atom. The summed E-state index contributed by atoms with van der Waals surface area (Å²) in [6.07, 6.45) is -2.76. The number of anilines is 1. The maximum absolute atomic E-state index is 12.8. The van der Waals surface area contributed by atoms with Crippen molar-refractivity contribution in [1.29, 1.82) is 0 Å². The van der Waals surface area contributed by atoms with E-state index in [9.17, 15) is 18.3 Å². The van der Waals surface area contributed by atoms with Gasteiger partial charge in [-0.2, -0.15) is 13.2 Å². The Morgan fingerprint density at radius 1 is 1.32 bits per heavy atom. The Labute approximate surface area is 149 Å². The Kier molecular flexibility index (Phi) is 4.72. The molecule has 0 radical (unpaired) electrons. The van der Waals surface area contributed by atoms with Gasteiger partial charge >= 0.3 is 6.18 Å². The molecule has 132 valence electrons. The Hall–Kier alpha value is -2.10. The van der Waals surface area contributed by atoms with Gasteiger partial charge in [0.2, 0.25) is 5.76 Å². The van der Waals surface area contributed by atoms with Gasteiger partial charge in [-0.25, -0.2) is 0 Å². The van der Waals surface area contributed by atoms with Crippen molar-refractivity contribution < 1.29 is 22.8 Å². The number of nitrogens with zero attached hydrogens (tertiary/aromatic N) is 2. The van der Waals surface area contributed by atoms with Gasteiger partial charge in [-0.1, -0.05) is 16.8 Å². The summed E-state index contributed by atoms with van der Waals surface area (Å²) in [4.78, 5) is 4.78. The fourth-order valence-corrected chi connectivity index (χ4v) is 3.33. The molecule has 0 aliphatic rings. The van der Waals surface area contributed by atoms with E-state index in [4.69, 9.17) is 11.6 Å². The lowest BCUT2D eigenvalue weighted by molar-refractivity contribution is -0.156. The first-order valence-electron chi connectivity index (χ1n) is 6.95. The molecule has 3 aromatic rings. The minimum absolute atomic E-state index is 0.0951. The number of aliphatic hydroxyl groups is 1. The number of pyridine rings is 1. The molecule has 25 heavy (non-hydrogen) atoms. The van der Waals surface area contributed by atoms with Gasteiger partial charge in [0.25, 0.3) is 0 Å². The largest absolute Gasteiger partial charge is 0.452 e. The molecule has 2 N–H and O–H groups in total. The van der Waals surface area contributed by atoms with Gasteiger partial charge in [0.1, 0.15) is 5.69 Å². The number of hydrogen-bond acceptors (Lipinski definition) is 6. The highest BCUT2D eigenvalue weighted by molar-refractivity contribution is 7.15. The molecule has 0 aliphatic carbocycles. The molecule has 3 heterocycles. The van der Waals surface area contributed by atoms with Crippen LogP contribution in [0.5, 0.6) is 0 Å². The number of rotatable bonds is 4. The SMILES string of the molecule is Cc1c(-c2ccc(C(O)Nc3ccncc3Cl)s2)noc1C(F)(F)F. The first kappa shape index (κ1) is 17.7. The number of aromatic nitrogens is 2. The number of halogens is 4. The van der Waals surface area contributed by atoms with Crippen molar-refractivity contribution in [3.8, 4) is 10.6 Å². The van der Waals surface area contributed by atoms with Crippen molar-refractivity contribution in [2.75, 3.05) is 5.32 Å². The normalized spacial score (nSPS) is 13.0. The number of thiophene rings is 1. The lowest BCUT2D eigenvalue weighted by Gasteiger charge is -2.13. The molecule has 1 atom stereocenters. The molecule has 1 unspecified atom stereocenters. The molecule has 0 saturated heterocycles. The first-order valence-corrected chi connectivity index (χ1v) is 8.14. The molecule has 5 nitrogen and oxygen atoms in total. The smallest absolute Gasteiger partial charge is 0.369 e. The summed E-state index contributed by atoms with van der Waals surface area (Å²) in [5.41, 5.74) is 0.481. The zero-order valence-corrected chi connectivity index (χ0v) is 14.2. The zero-order chi connectivity index (χ0) is 18.2. The van der Waals surface area contributed by atoms with Crippen molar-refractivity contribution in [2.45, 2.75) is 19.3 Å². The first-order chi connectivity index (χ1) is 11.8. The van der Waals surface area contributed by atoms with Crippen LogP contribution < -0.4 is 5.32 Å². The van der Waals surface area contributed by atoms with Gasteiger partial charge in [-0.05, 0) is 25.1 Å². The van der Waals surface area contributed by atoms with Gasteiger partial charge < -0.3 is 14.9 Å². The van der Waals surface area contributed by atoms with E-state index in [0.717, 1.165) is 11.3 Å². The Morgan fingerprint density at radius 3 is 2.72 bits per heavy atom. The summed E-state index contributed by atoms with van der Waals surface area (Å²) in [6.45, 7) is 1.29. The summed E-state index contributed by atoms with van der Waals surface area (Å²) in [5.74, 6) is -1.13. The summed E-state index contributed by atoms with van der Waals surface area (Å²) in [6, 6.07) is 4.76. The molecule has 0 saturated carbocycles. The van der Waals surface area contributed by atoms with Crippen LogP contribution >= 0.6 is 22.9 Å². The maximum Gasteiger partial charge on any atom is 0.452 e. The van der Waals surface area contributed by atoms with Crippen molar-refractivity contribution >= 4 is 28.6 Å². The van der Waals surface area contributed by atoms with Gasteiger partial charge in [0.05, 0.1) is 20.5 Å². The molecule has 3 aromatic heterocycles. The van der Waals surface area contributed by atoms with Crippen molar-refractivity contribution in [1.82, 2.24) is 10.1 Å². The van der Waals surface area contributed by atoms with Gasteiger partial charge in [-0.15, -0.1) is 11.3 Å². The van der Waals surface area contributed by atoms with Crippen LogP contribution in [0.15, 0.2) is 35.1 Å². The van der Waals surface area contributed by atoms with E-state index < -0.39 is 18.2 Å². The van der Waals surface area contributed by atoms with Crippen molar-refractivity contribution in [3.05, 3.63) is 51.8 Å². The zero-order valence-electron chi connectivity index (χ0n) is 12.6. The van der Waals surface area contributed by atoms with Gasteiger partial charge in [0, 0.05) is 18.0 Å². The number of hydrogen-bond donors (Lipinski definition) is 2. The minimum Gasteiger partial charge on any atom is -0.369 e. The maximum atomic E-state index is 12.8. The van der Waals surface area contributed by atoms with Crippen LogP contribution in [0.25, 0.3) is 10.6 Å². The number of alkyl halides is 3. The Bertz CT molecular complexity index is 894. The average molecular weight is 390 g/mol. The third-order valence-corrected chi connectivity index (χ3v) is 4.82. The van der Waals surface area contributed by atoms with E-state index >= 15 is 0 Å². The van der Waals surface area contributed by atoms with E-state index in [0.29, 0.717) is 20.5 Å². The summed E-state index contributed by atoms with van der Waals surface area (Å²) < 4.78 is 42.8. The third kappa shape index (κ3) is 3.63. The quantitative estimate of drug-likeness (QED) is 0.622. The molecule has 3 rings (SSSR count). The summed E-state index contributed by atoms with van der Waals surface area (Å²) in [5, 5.41) is 16.9. The van der Waals surface area contributed by atoms with Crippen LogP contribution in [0.1, 0.15) is 22.4 Å². The molecule has 0 aliphatic heterocycles. The fourth-order valence-electron chi connectivity index (χ4n) is 2.17. The lowest BCUT2D eigenvalue weighted by atomic mass is 10.2. The van der Waals surface area contributed by atoms with Gasteiger partial charge in [-0.3, -0.25) is 4.98 Å². The molecule has 0 fully saturated rings. The van der Waals surface area contributed by atoms with Crippen LogP contribution in [-0.2, 0) is 6.18 Å². The van der Waals surface area contributed by atoms with Crippen LogP contribution in [-0.4, -0.2) is 15.2 Å². The van der Waals surface area contributed by atoms with Crippen molar-refractivity contribution in [3.63, 3.8) is 0 Å². The second-order valence-electron chi connectivity index (χ2n) is 5.09. The monoisotopic (exact) mass is 389 g/mol. The van der Waals surface area contributed by atoms with E-state index in [-0.39, 0.29) is 11.3 Å². The van der Waals surface area contributed by atoms with E-state index in [2.05, 4.69) is 20.0 Å². The molecule has 0 amide bonds. The van der Waals surface area contributed by atoms with Gasteiger partial charge in [0.15, 0.2) is 6.23 Å². The number of aliphatic hydroxyl groups excluding tert-OH is 1. The van der Waals surface area contributed by atoms with Crippen LogP contribution in [0.2, 0.25) is 5.02 Å². The summed E-state index contributed by atoms with van der Waals surface area (Å²) >= 11 is 7.06. The average Bonchev–Trinajstić information content (AvgIpc) is 3.15. The molecule has 0 bridgehead atoms. The van der Waals surface area contributed by atoms with Crippen LogP contribution in [0.4, 0.5) is 18.9 Å². The van der Waals surface area contributed by atoms with E-state index in [1.807, 2.05) is 0 Å². The highest BCUT2D eigenvalue weighted by Crippen LogP contribution is 2.39. The third-order valence-electron chi connectivity index (χ3n) is 3.38. The topological polar surface area (TPSA) is 71.2 Å². The van der Waals surface area contributed by atoms with Crippen LogP contribution in [0, 0.1) is 6.92 Å². The fraction of sp³-hybridized carbons (Fsp3) is 0.200. The second kappa shape index (κ2) is 6.66. The predicted octanol–water partition coefficient (Wildman–Crippen LogP) is 4.88. The highest BCUT2D eigenvalue weighted by atomic mass is 35.5. The van der Waals surface area contributed by atoms with Crippen molar-refractivity contribution in [2.24, 2.45) is 0 Å². The van der Waals surface area contributed by atoms with E-state index in [1.165, 1.54) is 19.3 Å². The summed E-state index contributed by atoms with van der Waals surface area (Å²) in [7, 11) is 0. The lowest BCUT2D eigenvalue weighted by Crippen LogP contribution is -2.08. The molecule has 0 spiro atoms. The molecule has 10 heteroatoms. The standard InChI is InChI=1S/C15H11ClF3N3O2S/c1-7-12(22-24-13(7)15(17,18)19)10-2-3-11(25-10)14(23)21-9-4-5-20-6-8(9)16/h2-6,14,23H,1H3,(H,20,21). The highest BCUT2D eigenvalue weighted by Gasteiger charge is 2.39. The van der Waals surface area contributed by atoms with E-state index in [1.54, 1.807) is 18.2 Å². The molecule has 0 aromatic carbocycles.